The van der Waals surface area contributed by atoms with E-state index in [1.807, 2.05) is 12.1 Å². The molecule has 0 aliphatic rings. The third-order valence-corrected chi connectivity index (χ3v) is 2.37. The van der Waals surface area contributed by atoms with E-state index in [-0.39, 0.29) is 5.82 Å². The molecule has 0 aliphatic carbocycles. The van der Waals surface area contributed by atoms with Gasteiger partial charge in [0, 0.05) is 0 Å². The van der Waals surface area contributed by atoms with Crippen LogP contribution in [0, 0.1) is 5.82 Å². The fraction of sp³-hybridized carbons (Fsp3) is 0. The van der Waals surface area contributed by atoms with Gasteiger partial charge in [0.2, 0.25) is 0 Å². The van der Waals surface area contributed by atoms with Crippen LogP contribution in [-0.4, -0.2) is 24.7 Å². The Bertz CT molecular complexity index is 147. The Morgan fingerprint density at radius 2 is 1.62 bits per heavy atom. The second kappa shape index (κ2) is 2.54. The molecule has 0 bridgehead atoms. The Kier molecular flexibility index (Phi) is 1.96. The molecule has 0 aliphatic heterocycles. The van der Waals surface area contributed by atoms with Crippen LogP contribution in [0.15, 0.2) is 24.3 Å². The SMILES string of the molecule is Fc1cc[c]([BiH2])cc1. The van der Waals surface area contributed by atoms with E-state index in [2.05, 4.69) is 0 Å². The van der Waals surface area contributed by atoms with Crippen LogP contribution in [0.2, 0.25) is 0 Å². The fourth-order valence-corrected chi connectivity index (χ4v) is 1.21. The molecule has 0 spiro atoms. The topological polar surface area (TPSA) is 0 Å². The van der Waals surface area contributed by atoms with Crippen molar-refractivity contribution in [3.63, 3.8) is 0 Å². The predicted molar refractivity (Wildman–Crippen MR) is 34.6 cm³/mol. The van der Waals surface area contributed by atoms with Crippen LogP contribution in [0.5, 0.6) is 0 Å². The maximum absolute atomic E-state index is 12.1. The molecule has 2 heteroatoms. The summed E-state index contributed by atoms with van der Waals surface area (Å²) in [5, 5.41) is 0. The number of halogens is 1. The summed E-state index contributed by atoms with van der Waals surface area (Å²) in [5.74, 6) is -0.144. The third-order valence-electron chi connectivity index (χ3n) is 0.870. The molecule has 0 saturated carbocycles. The van der Waals surface area contributed by atoms with Crippen molar-refractivity contribution >= 4 is 28.0 Å². The van der Waals surface area contributed by atoms with Crippen molar-refractivity contribution in [2.45, 2.75) is 0 Å². The van der Waals surface area contributed by atoms with Crippen molar-refractivity contribution in [1.82, 2.24) is 0 Å². The van der Waals surface area contributed by atoms with E-state index >= 15 is 0 Å². The quantitative estimate of drug-likeness (QED) is 0.596. The molecular formula is C6H6BiF. The summed E-state index contributed by atoms with van der Waals surface area (Å²) in [6.07, 6.45) is 0. The first-order chi connectivity index (χ1) is 3.79. The first-order valence-electron chi connectivity index (χ1n) is 2.30. The van der Waals surface area contributed by atoms with Gasteiger partial charge in [0.25, 0.3) is 0 Å². The van der Waals surface area contributed by atoms with Gasteiger partial charge in [-0.05, 0) is 0 Å². The summed E-state index contributed by atoms with van der Waals surface area (Å²) in [6.45, 7) is 0. The van der Waals surface area contributed by atoms with E-state index in [1.54, 1.807) is 0 Å². The average molecular weight is 306 g/mol. The van der Waals surface area contributed by atoms with Gasteiger partial charge in [0.1, 0.15) is 0 Å². The Balaban J connectivity index is 3.03. The van der Waals surface area contributed by atoms with E-state index in [0.29, 0.717) is 0 Å². The number of hydrogen-bond donors (Lipinski definition) is 0. The van der Waals surface area contributed by atoms with Crippen LogP contribution in [0.4, 0.5) is 4.39 Å². The van der Waals surface area contributed by atoms with Gasteiger partial charge in [-0.15, -0.1) is 0 Å². The molecule has 0 amide bonds. The molecule has 0 aromatic heterocycles. The molecular weight excluding hydrogens is 300 g/mol. The summed E-state index contributed by atoms with van der Waals surface area (Å²) in [4.78, 5) is 0. The zero-order chi connectivity index (χ0) is 5.98. The maximum atomic E-state index is 12.1. The van der Waals surface area contributed by atoms with Gasteiger partial charge in [0.05, 0.1) is 0 Å². The van der Waals surface area contributed by atoms with Gasteiger partial charge in [-0.25, -0.2) is 0 Å². The van der Waals surface area contributed by atoms with E-state index in [1.165, 1.54) is 15.4 Å². The minimum absolute atomic E-state index is 0.144. The number of benzene rings is 1. The van der Waals surface area contributed by atoms with Gasteiger partial charge < -0.3 is 0 Å². The molecule has 8 heavy (non-hydrogen) atoms. The molecule has 1 aromatic rings. The molecule has 0 saturated heterocycles. The summed E-state index contributed by atoms with van der Waals surface area (Å²) >= 11 is 0.820. The Hall–Kier alpha value is 0.0331. The second-order valence-electron chi connectivity index (χ2n) is 1.55. The van der Waals surface area contributed by atoms with Crippen molar-refractivity contribution in [2.75, 3.05) is 0 Å². The second-order valence-corrected chi connectivity index (χ2v) is 4.14. The number of hydrogen-bond acceptors (Lipinski definition) is 0. The molecule has 0 unspecified atom stereocenters. The Morgan fingerprint density at radius 1 is 1.12 bits per heavy atom. The van der Waals surface area contributed by atoms with E-state index in [0.717, 1.165) is 24.7 Å². The molecule has 0 heterocycles. The third kappa shape index (κ3) is 1.52. The van der Waals surface area contributed by atoms with E-state index in [9.17, 15) is 4.39 Å². The average Bonchev–Trinajstić information content (AvgIpc) is 1.77. The standard InChI is InChI=1S/C6H4F.Bi.2H/c7-6-4-2-1-3-5-6;;;/h2-5H;;;. The first-order valence-corrected chi connectivity index (χ1v) is 4.54. The summed E-state index contributed by atoms with van der Waals surface area (Å²) in [7, 11) is 0. The van der Waals surface area contributed by atoms with Crippen LogP contribution in [0.25, 0.3) is 0 Å². The fourth-order valence-electron chi connectivity index (χ4n) is 0.463. The van der Waals surface area contributed by atoms with Crippen LogP contribution >= 0.6 is 0 Å². The van der Waals surface area contributed by atoms with Crippen molar-refractivity contribution in [3.8, 4) is 0 Å². The molecule has 0 nitrogen and oxygen atoms in total. The Morgan fingerprint density at radius 3 is 2.00 bits per heavy atom. The van der Waals surface area contributed by atoms with Crippen LogP contribution in [-0.2, 0) is 0 Å². The van der Waals surface area contributed by atoms with Crippen molar-refractivity contribution in [2.24, 2.45) is 0 Å². The van der Waals surface area contributed by atoms with Gasteiger partial charge in [-0.1, -0.05) is 0 Å². The Labute approximate surface area is 62.6 Å². The summed E-state index contributed by atoms with van der Waals surface area (Å²) in [5.41, 5.74) is 0. The predicted octanol–water partition coefficient (Wildman–Crippen LogP) is 0.0841. The normalized spacial score (nSPS) is 9.25. The van der Waals surface area contributed by atoms with Crippen molar-refractivity contribution < 1.29 is 4.39 Å². The summed E-state index contributed by atoms with van der Waals surface area (Å²) in [6, 6.07) is 6.63. The van der Waals surface area contributed by atoms with Crippen LogP contribution < -0.4 is 3.27 Å². The van der Waals surface area contributed by atoms with Crippen molar-refractivity contribution in [1.29, 1.82) is 0 Å². The van der Waals surface area contributed by atoms with E-state index < -0.39 is 0 Å². The van der Waals surface area contributed by atoms with Crippen LogP contribution in [0.1, 0.15) is 0 Å². The van der Waals surface area contributed by atoms with E-state index in [4.69, 9.17) is 0 Å². The summed E-state index contributed by atoms with van der Waals surface area (Å²) < 4.78 is 13.4. The molecule has 0 N–H and O–H groups in total. The van der Waals surface area contributed by atoms with Gasteiger partial charge >= 0.3 is 62.5 Å². The van der Waals surface area contributed by atoms with Crippen molar-refractivity contribution in [3.05, 3.63) is 30.1 Å². The molecule has 42 valence electrons. The zero-order valence-electron chi connectivity index (χ0n) is 4.26. The first kappa shape index (κ1) is 6.16. The van der Waals surface area contributed by atoms with Crippen LogP contribution in [0.3, 0.4) is 0 Å². The van der Waals surface area contributed by atoms with Gasteiger partial charge in [-0.3, -0.25) is 0 Å². The minimum atomic E-state index is -0.144. The molecule has 0 fully saturated rings. The van der Waals surface area contributed by atoms with Gasteiger partial charge in [0.15, 0.2) is 0 Å². The molecule has 1 rings (SSSR count). The zero-order valence-corrected chi connectivity index (χ0v) is 8.75. The molecule has 0 atom stereocenters. The monoisotopic (exact) mass is 306 g/mol. The van der Waals surface area contributed by atoms with Gasteiger partial charge in [-0.2, -0.15) is 0 Å². The molecule has 0 radical (unpaired) electrons. The molecule has 1 aromatic carbocycles. The number of rotatable bonds is 0.